The first kappa shape index (κ1) is 28.4. The highest BCUT2D eigenvalue weighted by molar-refractivity contribution is 5.91. The molecule has 2 N–H and O–H groups in total. The van der Waals surface area contributed by atoms with Crippen LogP contribution in [0.3, 0.4) is 0 Å². The number of rotatable bonds is 10. The van der Waals surface area contributed by atoms with Crippen LogP contribution in [0.1, 0.15) is 29.3 Å². The molecule has 2 amide bonds. The standard InChI is InChI=1S/C27H37N7O2.ClH/c1-6-28-11-12-29-26(35)17-33(24-14-23-20(3)30-31(4)25(23)13-19(24)2)18-27(36)32(5)34-15-21-9-7-8-10-22(21)16-34;/h7-10,13-14,28H,6,11-12,15-18H2,1-5H3,(H,29,35);1H. The third-order valence-corrected chi connectivity index (χ3v) is 6.84. The lowest BCUT2D eigenvalue weighted by atomic mass is 10.1. The van der Waals surface area contributed by atoms with Crippen molar-refractivity contribution in [1.82, 2.24) is 30.4 Å². The molecular weight excluding hydrogens is 490 g/mol. The lowest BCUT2D eigenvalue weighted by Gasteiger charge is -2.32. The number of fused-ring (bicyclic) bond motifs is 2. The highest BCUT2D eigenvalue weighted by atomic mass is 35.5. The third kappa shape index (κ3) is 6.41. The van der Waals surface area contributed by atoms with E-state index < -0.39 is 0 Å². The zero-order chi connectivity index (χ0) is 25.8. The summed E-state index contributed by atoms with van der Waals surface area (Å²) >= 11 is 0. The molecule has 3 aromatic rings. The van der Waals surface area contributed by atoms with Crippen LogP contribution in [-0.4, -0.2) is 71.4 Å². The molecule has 9 nitrogen and oxygen atoms in total. The van der Waals surface area contributed by atoms with Gasteiger partial charge in [-0.3, -0.25) is 19.3 Å². The molecule has 0 aliphatic carbocycles. The number of hydrazine groups is 1. The smallest absolute Gasteiger partial charge is 0.256 e. The fourth-order valence-corrected chi connectivity index (χ4v) is 4.79. The zero-order valence-corrected chi connectivity index (χ0v) is 23.2. The number of aryl methyl sites for hydroxylation is 3. The number of hydrogen-bond donors (Lipinski definition) is 2. The minimum atomic E-state index is -0.112. The van der Waals surface area contributed by atoms with Gasteiger partial charge < -0.3 is 15.5 Å². The largest absolute Gasteiger partial charge is 0.353 e. The number of nitrogens with one attached hydrogen (secondary N) is 2. The first-order chi connectivity index (χ1) is 17.3. The van der Waals surface area contributed by atoms with Crippen molar-refractivity contribution in [3.8, 4) is 0 Å². The van der Waals surface area contributed by atoms with Crippen molar-refractivity contribution >= 4 is 40.8 Å². The molecule has 1 aliphatic heterocycles. The number of benzene rings is 2. The SMILES string of the molecule is CCNCCNC(=O)CN(CC(=O)N(C)N1Cc2ccccc2C1)c1cc2c(C)nn(C)c2cc1C.Cl. The molecule has 10 heteroatoms. The Hall–Kier alpha value is -3.14. The second-order valence-corrected chi connectivity index (χ2v) is 9.43. The lowest BCUT2D eigenvalue weighted by Crippen LogP contribution is -2.48. The Kier molecular flexibility index (Phi) is 9.53. The summed E-state index contributed by atoms with van der Waals surface area (Å²) in [5, 5.41) is 15.5. The molecule has 1 aromatic heterocycles. The van der Waals surface area contributed by atoms with Crippen LogP contribution >= 0.6 is 12.4 Å². The van der Waals surface area contributed by atoms with Crippen LogP contribution in [0.15, 0.2) is 36.4 Å². The monoisotopic (exact) mass is 527 g/mol. The Labute approximate surface area is 225 Å². The summed E-state index contributed by atoms with van der Waals surface area (Å²) in [5.74, 6) is -0.176. The quantitative estimate of drug-likeness (QED) is 0.394. The van der Waals surface area contributed by atoms with Crippen molar-refractivity contribution in [1.29, 1.82) is 0 Å². The number of carbonyl (C=O) groups is 2. The van der Waals surface area contributed by atoms with Crippen LogP contribution in [0.2, 0.25) is 0 Å². The van der Waals surface area contributed by atoms with E-state index in [1.165, 1.54) is 11.1 Å². The number of halogens is 1. The number of anilines is 1. The summed E-state index contributed by atoms with van der Waals surface area (Å²) in [6, 6.07) is 12.4. The Morgan fingerprint density at radius 1 is 1.05 bits per heavy atom. The molecule has 0 fully saturated rings. The molecule has 0 saturated heterocycles. The van der Waals surface area contributed by atoms with Gasteiger partial charge in [0, 0.05) is 51.3 Å². The summed E-state index contributed by atoms with van der Waals surface area (Å²) in [5.41, 5.74) is 6.29. The summed E-state index contributed by atoms with van der Waals surface area (Å²) < 4.78 is 1.86. The Morgan fingerprint density at radius 3 is 2.38 bits per heavy atom. The van der Waals surface area contributed by atoms with E-state index in [1.807, 2.05) is 61.6 Å². The fraction of sp³-hybridized carbons (Fsp3) is 0.444. The van der Waals surface area contributed by atoms with Crippen LogP contribution in [0.4, 0.5) is 5.69 Å². The zero-order valence-electron chi connectivity index (χ0n) is 22.4. The number of likely N-dealkylation sites (N-methyl/N-ethyl adjacent to an activating group) is 2. The minimum absolute atomic E-state index is 0. The van der Waals surface area contributed by atoms with Gasteiger partial charge in [0.05, 0.1) is 24.3 Å². The van der Waals surface area contributed by atoms with Crippen LogP contribution in [-0.2, 0) is 29.7 Å². The molecule has 2 heterocycles. The van der Waals surface area contributed by atoms with Gasteiger partial charge in [0.2, 0.25) is 5.91 Å². The summed E-state index contributed by atoms with van der Waals surface area (Å²) in [7, 11) is 3.74. The molecule has 4 rings (SSSR count). The molecule has 1 aliphatic rings. The third-order valence-electron chi connectivity index (χ3n) is 6.84. The van der Waals surface area contributed by atoms with Crippen molar-refractivity contribution in [2.45, 2.75) is 33.9 Å². The van der Waals surface area contributed by atoms with E-state index in [1.54, 1.807) is 5.01 Å². The van der Waals surface area contributed by atoms with Gasteiger partial charge in [-0.25, -0.2) is 5.01 Å². The first-order valence-electron chi connectivity index (χ1n) is 12.5. The topological polar surface area (TPSA) is 85.7 Å². The number of aromatic nitrogens is 2. The first-order valence-corrected chi connectivity index (χ1v) is 12.5. The number of amides is 2. The van der Waals surface area contributed by atoms with E-state index in [0.717, 1.165) is 34.4 Å². The average Bonchev–Trinajstić information content (AvgIpc) is 3.40. The summed E-state index contributed by atoms with van der Waals surface area (Å²) in [6.45, 7) is 9.71. The van der Waals surface area contributed by atoms with Gasteiger partial charge in [0.25, 0.3) is 5.91 Å². The van der Waals surface area contributed by atoms with Crippen LogP contribution in [0.25, 0.3) is 10.9 Å². The molecule has 0 spiro atoms. The Bertz CT molecular complexity index is 1230. The molecule has 37 heavy (non-hydrogen) atoms. The second kappa shape index (κ2) is 12.4. The maximum atomic E-state index is 13.5. The molecule has 0 atom stereocenters. The second-order valence-electron chi connectivity index (χ2n) is 9.43. The maximum absolute atomic E-state index is 13.5. The van der Waals surface area contributed by atoms with E-state index in [0.29, 0.717) is 26.2 Å². The predicted octanol–water partition coefficient (Wildman–Crippen LogP) is 2.53. The number of nitrogens with zero attached hydrogens (tertiary/aromatic N) is 5. The maximum Gasteiger partial charge on any atom is 0.256 e. The van der Waals surface area contributed by atoms with Gasteiger partial charge in [0.15, 0.2) is 0 Å². The lowest BCUT2D eigenvalue weighted by molar-refractivity contribution is -0.145. The predicted molar refractivity (Wildman–Crippen MR) is 150 cm³/mol. The van der Waals surface area contributed by atoms with Crippen LogP contribution < -0.4 is 15.5 Å². The number of carbonyl (C=O) groups excluding carboxylic acids is 2. The summed E-state index contributed by atoms with van der Waals surface area (Å²) in [4.78, 5) is 28.2. The Morgan fingerprint density at radius 2 is 1.73 bits per heavy atom. The molecule has 0 unspecified atom stereocenters. The van der Waals surface area contributed by atoms with E-state index in [9.17, 15) is 9.59 Å². The molecule has 0 radical (unpaired) electrons. The van der Waals surface area contributed by atoms with Crippen LogP contribution in [0, 0.1) is 13.8 Å². The molecular formula is C27H38ClN7O2. The van der Waals surface area contributed by atoms with Crippen molar-refractivity contribution in [3.63, 3.8) is 0 Å². The number of hydrogen-bond acceptors (Lipinski definition) is 6. The van der Waals surface area contributed by atoms with E-state index in [2.05, 4.69) is 40.0 Å². The Balaban J connectivity index is 0.00000380. The average molecular weight is 528 g/mol. The molecule has 200 valence electrons. The molecule has 0 saturated carbocycles. The van der Waals surface area contributed by atoms with Gasteiger partial charge in [0.1, 0.15) is 0 Å². The van der Waals surface area contributed by atoms with Gasteiger partial charge >= 0.3 is 0 Å². The highest BCUT2D eigenvalue weighted by Crippen LogP contribution is 2.29. The van der Waals surface area contributed by atoms with E-state index in [-0.39, 0.29) is 37.3 Å². The van der Waals surface area contributed by atoms with Gasteiger partial charge in [-0.2, -0.15) is 5.10 Å². The van der Waals surface area contributed by atoms with Gasteiger partial charge in [-0.15, -0.1) is 12.4 Å². The van der Waals surface area contributed by atoms with Crippen LogP contribution in [0.5, 0.6) is 0 Å². The van der Waals surface area contributed by atoms with E-state index >= 15 is 0 Å². The molecule has 2 aromatic carbocycles. The van der Waals surface area contributed by atoms with Crippen molar-refractivity contribution < 1.29 is 9.59 Å². The minimum Gasteiger partial charge on any atom is -0.353 e. The summed E-state index contributed by atoms with van der Waals surface area (Å²) in [6.07, 6.45) is 0. The fourth-order valence-electron chi connectivity index (χ4n) is 4.79. The van der Waals surface area contributed by atoms with Gasteiger partial charge in [-0.05, 0) is 49.2 Å². The van der Waals surface area contributed by atoms with E-state index in [4.69, 9.17) is 0 Å². The molecule has 0 bridgehead atoms. The van der Waals surface area contributed by atoms with Gasteiger partial charge in [-0.1, -0.05) is 31.2 Å². The highest BCUT2D eigenvalue weighted by Gasteiger charge is 2.27. The van der Waals surface area contributed by atoms with Crippen molar-refractivity contribution in [2.75, 3.05) is 44.7 Å². The normalized spacial score (nSPS) is 12.8. The van der Waals surface area contributed by atoms with Crippen molar-refractivity contribution in [3.05, 3.63) is 58.8 Å². The van der Waals surface area contributed by atoms with Crippen molar-refractivity contribution in [2.24, 2.45) is 7.05 Å².